The van der Waals surface area contributed by atoms with Crippen LogP contribution in [0.15, 0.2) is 29.3 Å². The molecule has 0 unspecified atom stereocenters. The van der Waals surface area contributed by atoms with E-state index in [-0.39, 0.29) is 22.0 Å². The van der Waals surface area contributed by atoms with E-state index < -0.39 is 11.4 Å². The van der Waals surface area contributed by atoms with E-state index in [1.54, 1.807) is 0 Å². The van der Waals surface area contributed by atoms with E-state index in [0.29, 0.717) is 0 Å². The number of rotatable bonds is 2. The maximum absolute atomic E-state index is 13.7. The number of benzene rings is 1. The Morgan fingerprint density at radius 3 is 2.88 bits per heavy atom. The van der Waals surface area contributed by atoms with Gasteiger partial charge in [-0.15, -0.1) is 0 Å². The van der Waals surface area contributed by atoms with Crippen molar-refractivity contribution < 1.29 is 9.13 Å². The monoisotopic (exact) mass is 254 g/mol. The molecular weight excluding hydrogens is 247 g/mol. The van der Waals surface area contributed by atoms with Crippen LogP contribution < -0.4 is 10.3 Å². The molecule has 88 valence electrons. The van der Waals surface area contributed by atoms with Gasteiger partial charge in [-0.3, -0.25) is 4.79 Å². The fraction of sp³-hybridized carbons (Fsp3) is 0.0909. The third-order valence-corrected chi connectivity index (χ3v) is 2.44. The molecule has 0 bridgehead atoms. The average Bonchev–Trinajstić information content (AvgIpc) is 2.29. The van der Waals surface area contributed by atoms with E-state index in [1.165, 1.54) is 25.6 Å². The average molecular weight is 255 g/mol. The van der Waals surface area contributed by atoms with E-state index in [0.717, 1.165) is 6.07 Å². The molecule has 0 amide bonds. The fourth-order valence-electron chi connectivity index (χ4n) is 1.45. The Morgan fingerprint density at radius 1 is 1.47 bits per heavy atom. The van der Waals surface area contributed by atoms with Crippen molar-refractivity contribution in [2.45, 2.75) is 0 Å². The highest BCUT2D eigenvalue weighted by Crippen LogP contribution is 2.28. The van der Waals surface area contributed by atoms with Gasteiger partial charge >= 0.3 is 0 Å². The summed E-state index contributed by atoms with van der Waals surface area (Å²) in [5, 5.41) is 0.273. The summed E-state index contributed by atoms with van der Waals surface area (Å²) in [5.41, 5.74) is -0.158. The van der Waals surface area contributed by atoms with E-state index in [4.69, 9.17) is 16.3 Å². The lowest BCUT2D eigenvalue weighted by Gasteiger charge is -2.07. The van der Waals surface area contributed by atoms with Crippen molar-refractivity contribution in [2.24, 2.45) is 0 Å². The number of H-pyrrole nitrogens is 1. The number of hydrogen-bond donors (Lipinski definition) is 1. The Morgan fingerprint density at radius 2 is 2.24 bits per heavy atom. The van der Waals surface area contributed by atoms with Crippen LogP contribution in [0.1, 0.15) is 0 Å². The molecule has 1 N–H and O–H groups in total. The summed E-state index contributed by atoms with van der Waals surface area (Å²) in [6.45, 7) is 0. The van der Waals surface area contributed by atoms with Crippen LogP contribution in [0.4, 0.5) is 4.39 Å². The molecular formula is C11H8ClFN2O2. The molecule has 0 fully saturated rings. The minimum Gasteiger partial charge on any atom is -0.490 e. The van der Waals surface area contributed by atoms with E-state index in [9.17, 15) is 9.18 Å². The molecule has 0 saturated heterocycles. The van der Waals surface area contributed by atoms with Crippen LogP contribution in [0, 0.1) is 5.82 Å². The summed E-state index contributed by atoms with van der Waals surface area (Å²) in [7, 11) is 1.32. The first kappa shape index (κ1) is 11.6. The van der Waals surface area contributed by atoms with Crippen LogP contribution in [0.2, 0.25) is 5.02 Å². The van der Waals surface area contributed by atoms with Crippen molar-refractivity contribution in [3.05, 3.63) is 45.7 Å². The second-order valence-corrected chi connectivity index (χ2v) is 3.67. The van der Waals surface area contributed by atoms with E-state index in [1.807, 2.05) is 0 Å². The predicted molar refractivity (Wildman–Crippen MR) is 61.8 cm³/mol. The number of aromatic amines is 1. The van der Waals surface area contributed by atoms with Gasteiger partial charge in [-0.1, -0.05) is 11.6 Å². The Hall–Kier alpha value is -1.88. The number of methoxy groups -OCH3 is 1. The molecule has 17 heavy (non-hydrogen) atoms. The summed E-state index contributed by atoms with van der Waals surface area (Å²) in [6.07, 6.45) is 1.19. The molecule has 2 aromatic rings. The van der Waals surface area contributed by atoms with E-state index >= 15 is 0 Å². The minimum absolute atomic E-state index is 0.0336. The summed E-state index contributed by atoms with van der Waals surface area (Å²) in [6, 6.07) is 4.11. The number of nitrogens with one attached hydrogen (secondary N) is 1. The molecule has 0 aliphatic heterocycles. The highest BCUT2D eigenvalue weighted by molar-refractivity contribution is 6.30. The van der Waals surface area contributed by atoms with Gasteiger partial charge in [-0.2, -0.15) is 0 Å². The van der Waals surface area contributed by atoms with Crippen molar-refractivity contribution in [1.82, 2.24) is 9.97 Å². The smallest absolute Gasteiger partial charge is 0.293 e. The van der Waals surface area contributed by atoms with Crippen LogP contribution in [0.3, 0.4) is 0 Å². The quantitative estimate of drug-likeness (QED) is 0.894. The van der Waals surface area contributed by atoms with Gasteiger partial charge in [0.2, 0.25) is 5.75 Å². The summed E-state index contributed by atoms with van der Waals surface area (Å²) in [4.78, 5) is 17.7. The third-order valence-electron chi connectivity index (χ3n) is 2.20. The molecule has 0 aliphatic rings. The van der Waals surface area contributed by atoms with Crippen molar-refractivity contribution in [3.63, 3.8) is 0 Å². The summed E-state index contributed by atoms with van der Waals surface area (Å²) in [5.74, 6) is -0.595. The summed E-state index contributed by atoms with van der Waals surface area (Å²) >= 11 is 5.65. The van der Waals surface area contributed by atoms with Crippen LogP contribution in [-0.4, -0.2) is 17.1 Å². The molecule has 2 rings (SSSR count). The van der Waals surface area contributed by atoms with Crippen molar-refractivity contribution >= 4 is 11.6 Å². The highest BCUT2D eigenvalue weighted by atomic mass is 35.5. The Kier molecular flexibility index (Phi) is 3.10. The SMILES string of the molecule is COc1c(-c2ccc(Cl)cc2F)nc[nH]c1=O. The molecule has 0 radical (unpaired) electrons. The first-order chi connectivity index (χ1) is 8.13. The van der Waals surface area contributed by atoms with Gasteiger partial charge in [0.05, 0.1) is 13.4 Å². The Balaban J connectivity index is 2.68. The maximum Gasteiger partial charge on any atom is 0.293 e. The van der Waals surface area contributed by atoms with E-state index in [2.05, 4.69) is 9.97 Å². The second kappa shape index (κ2) is 4.55. The van der Waals surface area contributed by atoms with Crippen LogP contribution in [-0.2, 0) is 0 Å². The molecule has 1 aromatic heterocycles. The van der Waals surface area contributed by atoms with Crippen molar-refractivity contribution in [1.29, 1.82) is 0 Å². The largest absolute Gasteiger partial charge is 0.490 e. The van der Waals surface area contributed by atoms with Crippen molar-refractivity contribution in [3.8, 4) is 17.0 Å². The lowest BCUT2D eigenvalue weighted by molar-refractivity contribution is 0.407. The summed E-state index contributed by atoms with van der Waals surface area (Å²) < 4.78 is 18.6. The van der Waals surface area contributed by atoms with Gasteiger partial charge in [-0.05, 0) is 18.2 Å². The number of aromatic nitrogens is 2. The fourth-order valence-corrected chi connectivity index (χ4v) is 1.61. The predicted octanol–water partition coefficient (Wildman–Crippen LogP) is 2.24. The zero-order valence-electron chi connectivity index (χ0n) is 8.83. The van der Waals surface area contributed by atoms with Crippen LogP contribution >= 0.6 is 11.6 Å². The number of nitrogens with zero attached hydrogens (tertiary/aromatic N) is 1. The van der Waals surface area contributed by atoms with Gasteiger partial charge in [-0.25, -0.2) is 9.37 Å². The first-order valence-corrected chi connectivity index (χ1v) is 5.08. The molecule has 4 nitrogen and oxygen atoms in total. The zero-order chi connectivity index (χ0) is 12.4. The minimum atomic E-state index is -0.561. The molecule has 6 heteroatoms. The highest BCUT2D eigenvalue weighted by Gasteiger charge is 2.15. The lowest BCUT2D eigenvalue weighted by Crippen LogP contribution is -2.11. The first-order valence-electron chi connectivity index (χ1n) is 4.70. The van der Waals surface area contributed by atoms with Gasteiger partial charge in [0.15, 0.2) is 0 Å². The Labute approximate surface area is 101 Å². The molecule has 0 aliphatic carbocycles. The normalized spacial score (nSPS) is 10.3. The molecule has 1 aromatic carbocycles. The molecule has 0 atom stereocenters. The maximum atomic E-state index is 13.7. The Bertz CT molecular complexity index is 613. The zero-order valence-corrected chi connectivity index (χ0v) is 9.58. The van der Waals surface area contributed by atoms with Crippen LogP contribution in [0.5, 0.6) is 5.75 Å². The van der Waals surface area contributed by atoms with Crippen molar-refractivity contribution in [2.75, 3.05) is 7.11 Å². The van der Waals surface area contributed by atoms with Gasteiger partial charge in [0.25, 0.3) is 5.56 Å². The number of hydrogen-bond acceptors (Lipinski definition) is 3. The number of ether oxygens (including phenoxy) is 1. The molecule has 0 saturated carbocycles. The molecule has 0 spiro atoms. The van der Waals surface area contributed by atoms with Gasteiger partial charge in [0.1, 0.15) is 11.5 Å². The topological polar surface area (TPSA) is 55.0 Å². The van der Waals surface area contributed by atoms with Gasteiger partial charge in [0, 0.05) is 10.6 Å². The standard InChI is InChI=1S/C11H8ClFN2O2/c1-17-10-9(14-5-15-11(10)16)7-3-2-6(12)4-8(7)13/h2-5H,1H3,(H,14,15,16). The van der Waals surface area contributed by atoms with Gasteiger partial charge < -0.3 is 9.72 Å². The third kappa shape index (κ3) is 2.14. The molecule has 1 heterocycles. The van der Waals surface area contributed by atoms with Crippen LogP contribution in [0.25, 0.3) is 11.3 Å². The second-order valence-electron chi connectivity index (χ2n) is 3.24. The lowest BCUT2D eigenvalue weighted by atomic mass is 10.1. The number of halogens is 2.